The molecule has 1 aliphatic heterocycles. The zero-order chi connectivity index (χ0) is 25.7. The van der Waals surface area contributed by atoms with Crippen LogP contribution in [0.25, 0.3) is 6.08 Å². The van der Waals surface area contributed by atoms with Crippen molar-refractivity contribution in [2.24, 2.45) is 0 Å². The van der Waals surface area contributed by atoms with Gasteiger partial charge in [0.2, 0.25) is 0 Å². The third kappa shape index (κ3) is 5.69. The molecule has 1 fully saturated rings. The molecule has 0 aromatic heterocycles. The number of imide groups is 1. The topological polar surface area (TPSA) is 111 Å². The van der Waals surface area contributed by atoms with Crippen molar-refractivity contribution in [1.82, 2.24) is 10.2 Å². The molecule has 1 aliphatic rings. The average Bonchev–Trinajstić information content (AvgIpc) is 3.12. The van der Waals surface area contributed by atoms with Crippen LogP contribution < -0.4 is 14.8 Å². The number of nitrogens with one attached hydrogen (secondary N) is 1. The lowest BCUT2D eigenvalue weighted by Crippen LogP contribution is -2.30. The minimum Gasteiger partial charge on any atom is -0.490 e. The molecule has 0 aliphatic carbocycles. The van der Waals surface area contributed by atoms with Gasteiger partial charge < -0.3 is 14.8 Å². The number of hydrogen-bond acceptors (Lipinski definition) is 6. The summed E-state index contributed by atoms with van der Waals surface area (Å²) in [7, 11) is 0. The molecule has 36 heavy (non-hydrogen) atoms. The van der Waals surface area contributed by atoms with Crippen LogP contribution in [0, 0.1) is 17.0 Å². The molecule has 0 unspecified atom stereocenters. The van der Waals surface area contributed by atoms with Crippen LogP contribution in [0.15, 0.2) is 72.4 Å². The summed E-state index contributed by atoms with van der Waals surface area (Å²) < 4.78 is 11.6. The fraction of sp³-hybridized carbons (Fsp3) is 0.185. The number of nitro benzene ring substituents is 1. The second kappa shape index (κ2) is 10.7. The Kier molecular flexibility index (Phi) is 7.29. The van der Waals surface area contributed by atoms with E-state index in [1.165, 1.54) is 12.1 Å². The number of benzene rings is 3. The van der Waals surface area contributed by atoms with Crippen LogP contribution in [-0.4, -0.2) is 28.4 Å². The monoisotopic (exact) mass is 487 g/mol. The molecule has 1 N–H and O–H groups in total. The van der Waals surface area contributed by atoms with Crippen molar-refractivity contribution in [3.05, 3.63) is 105 Å². The van der Waals surface area contributed by atoms with E-state index in [4.69, 9.17) is 9.47 Å². The molecule has 0 radical (unpaired) electrons. The van der Waals surface area contributed by atoms with Gasteiger partial charge in [0.1, 0.15) is 12.3 Å². The molecule has 9 heteroatoms. The molecule has 4 rings (SSSR count). The van der Waals surface area contributed by atoms with Crippen LogP contribution >= 0.6 is 0 Å². The van der Waals surface area contributed by atoms with Crippen LogP contribution in [0.5, 0.6) is 11.5 Å². The average molecular weight is 488 g/mol. The predicted octanol–water partition coefficient (Wildman–Crippen LogP) is 4.97. The minimum absolute atomic E-state index is 0.0113. The predicted molar refractivity (Wildman–Crippen MR) is 133 cm³/mol. The number of nitrogens with zero attached hydrogens (tertiary/aromatic N) is 2. The SMILES string of the molecule is CCOc1cc(/C=C2/NC(=O)N(Cc3ccc(C)cc3)C2=O)ccc1OCc1cccc([N+](=O)[O-])c1. The zero-order valence-electron chi connectivity index (χ0n) is 19.9. The molecule has 0 atom stereocenters. The maximum Gasteiger partial charge on any atom is 0.329 e. The Balaban J connectivity index is 1.49. The summed E-state index contributed by atoms with van der Waals surface area (Å²) in [6, 6.07) is 18.5. The largest absolute Gasteiger partial charge is 0.490 e. The molecule has 3 aromatic rings. The second-order valence-electron chi connectivity index (χ2n) is 8.22. The highest BCUT2D eigenvalue weighted by molar-refractivity contribution is 6.13. The molecule has 184 valence electrons. The van der Waals surface area contributed by atoms with E-state index in [2.05, 4.69) is 5.32 Å². The Morgan fingerprint density at radius 1 is 0.972 bits per heavy atom. The van der Waals surface area contributed by atoms with Crippen LogP contribution in [-0.2, 0) is 17.9 Å². The highest BCUT2D eigenvalue weighted by atomic mass is 16.6. The fourth-order valence-electron chi connectivity index (χ4n) is 3.68. The number of nitro groups is 1. The fourth-order valence-corrected chi connectivity index (χ4v) is 3.68. The summed E-state index contributed by atoms with van der Waals surface area (Å²) >= 11 is 0. The number of amides is 3. The third-order valence-corrected chi connectivity index (χ3v) is 5.52. The van der Waals surface area contributed by atoms with Gasteiger partial charge in [-0.15, -0.1) is 0 Å². The van der Waals surface area contributed by atoms with Crippen molar-refractivity contribution in [3.8, 4) is 11.5 Å². The van der Waals surface area contributed by atoms with E-state index in [1.807, 2.05) is 38.1 Å². The Bertz CT molecular complexity index is 1330. The van der Waals surface area contributed by atoms with E-state index in [9.17, 15) is 19.7 Å². The first kappa shape index (κ1) is 24.5. The lowest BCUT2D eigenvalue weighted by molar-refractivity contribution is -0.384. The highest BCUT2D eigenvalue weighted by Crippen LogP contribution is 2.31. The zero-order valence-corrected chi connectivity index (χ0v) is 19.9. The molecule has 9 nitrogen and oxygen atoms in total. The molecular weight excluding hydrogens is 462 g/mol. The molecule has 3 amide bonds. The van der Waals surface area contributed by atoms with Crippen molar-refractivity contribution >= 4 is 23.7 Å². The summed E-state index contributed by atoms with van der Waals surface area (Å²) in [6.45, 7) is 4.48. The lowest BCUT2D eigenvalue weighted by atomic mass is 10.1. The summed E-state index contributed by atoms with van der Waals surface area (Å²) in [4.78, 5) is 37.0. The smallest absolute Gasteiger partial charge is 0.329 e. The number of carbonyl (C=O) groups excluding carboxylic acids is 2. The number of carbonyl (C=O) groups is 2. The normalized spacial score (nSPS) is 14.2. The van der Waals surface area contributed by atoms with Gasteiger partial charge in [0.25, 0.3) is 11.6 Å². The summed E-state index contributed by atoms with van der Waals surface area (Å²) in [5, 5.41) is 13.6. The van der Waals surface area contributed by atoms with Crippen LogP contribution in [0.2, 0.25) is 0 Å². The second-order valence-corrected chi connectivity index (χ2v) is 8.22. The minimum atomic E-state index is -0.478. The van der Waals surface area contributed by atoms with Gasteiger partial charge in [-0.05, 0) is 48.7 Å². The molecule has 0 bridgehead atoms. The van der Waals surface area contributed by atoms with Crippen molar-refractivity contribution in [2.75, 3.05) is 6.61 Å². The highest BCUT2D eigenvalue weighted by Gasteiger charge is 2.33. The maximum atomic E-state index is 12.9. The van der Waals surface area contributed by atoms with Gasteiger partial charge in [-0.3, -0.25) is 19.8 Å². The molecular formula is C27H25N3O6. The van der Waals surface area contributed by atoms with E-state index in [1.54, 1.807) is 36.4 Å². The van der Waals surface area contributed by atoms with E-state index >= 15 is 0 Å². The number of rotatable bonds is 9. The number of aryl methyl sites for hydroxylation is 1. The Morgan fingerprint density at radius 3 is 2.47 bits per heavy atom. The first-order chi connectivity index (χ1) is 17.3. The van der Waals surface area contributed by atoms with Crippen LogP contribution in [0.4, 0.5) is 10.5 Å². The molecule has 0 saturated carbocycles. The summed E-state index contributed by atoms with van der Waals surface area (Å²) in [5.41, 5.74) is 3.39. The number of ether oxygens (including phenoxy) is 2. The van der Waals surface area contributed by atoms with E-state index in [0.29, 0.717) is 29.2 Å². The van der Waals surface area contributed by atoms with Crippen molar-refractivity contribution in [2.45, 2.75) is 27.0 Å². The number of urea groups is 1. The van der Waals surface area contributed by atoms with Gasteiger partial charge in [-0.1, -0.05) is 48.0 Å². The van der Waals surface area contributed by atoms with E-state index in [0.717, 1.165) is 16.0 Å². The van der Waals surface area contributed by atoms with E-state index in [-0.39, 0.29) is 24.5 Å². The standard InChI is InChI=1S/C27H25N3O6/c1-3-35-25-15-20(11-12-24(25)36-17-21-5-4-6-22(13-21)30(33)34)14-23-26(31)29(27(32)28-23)16-19-9-7-18(2)8-10-19/h4-15H,3,16-17H2,1-2H3,(H,28,32)/b23-14+. The van der Waals surface area contributed by atoms with E-state index < -0.39 is 16.9 Å². The summed E-state index contributed by atoms with van der Waals surface area (Å²) in [5.74, 6) is 0.489. The summed E-state index contributed by atoms with van der Waals surface area (Å²) in [6.07, 6.45) is 1.59. The first-order valence-corrected chi connectivity index (χ1v) is 11.4. The lowest BCUT2D eigenvalue weighted by Gasteiger charge is -2.13. The Hall–Kier alpha value is -4.66. The first-order valence-electron chi connectivity index (χ1n) is 11.4. The van der Waals surface area contributed by atoms with Gasteiger partial charge in [0, 0.05) is 12.1 Å². The maximum absolute atomic E-state index is 12.9. The quantitative estimate of drug-likeness (QED) is 0.197. The van der Waals surface area contributed by atoms with Crippen LogP contribution in [0.3, 0.4) is 0 Å². The number of hydrogen-bond donors (Lipinski definition) is 1. The van der Waals surface area contributed by atoms with Gasteiger partial charge in [-0.25, -0.2) is 4.79 Å². The third-order valence-electron chi connectivity index (χ3n) is 5.52. The van der Waals surface area contributed by atoms with Gasteiger partial charge in [0.05, 0.1) is 18.1 Å². The molecule has 3 aromatic carbocycles. The molecule has 1 heterocycles. The van der Waals surface area contributed by atoms with Crippen molar-refractivity contribution in [3.63, 3.8) is 0 Å². The Morgan fingerprint density at radius 2 is 1.75 bits per heavy atom. The Labute approximate surface area is 208 Å². The number of non-ortho nitro benzene ring substituents is 1. The van der Waals surface area contributed by atoms with Crippen molar-refractivity contribution in [1.29, 1.82) is 0 Å². The van der Waals surface area contributed by atoms with Gasteiger partial charge in [0.15, 0.2) is 11.5 Å². The molecule has 0 spiro atoms. The molecule has 1 saturated heterocycles. The van der Waals surface area contributed by atoms with Crippen molar-refractivity contribution < 1.29 is 24.0 Å². The van der Waals surface area contributed by atoms with Crippen LogP contribution in [0.1, 0.15) is 29.2 Å². The van der Waals surface area contributed by atoms with Gasteiger partial charge >= 0.3 is 6.03 Å². The van der Waals surface area contributed by atoms with Gasteiger partial charge in [-0.2, -0.15) is 0 Å².